The zero-order valence-corrected chi connectivity index (χ0v) is 14.6. The van der Waals surface area contributed by atoms with Crippen molar-refractivity contribution >= 4 is 23.2 Å². The number of anilines is 2. The van der Waals surface area contributed by atoms with E-state index in [4.69, 9.17) is 9.47 Å². The SMILES string of the molecule is CC(=O)N(CCC(=O)Nc1ccc(F)cc1F)c1ccc2c(c1)OCCO2. The standard InChI is InChI=1S/C19H18F2N2O4/c1-12(24)23(14-3-5-17-18(11-14)27-9-8-26-17)7-6-19(25)22-16-4-2-13(20)10-15(16)21/h2-5,10-11H,6-9H2,1H3,(H,22,25). The third-order valence-electron chi connectivity index (χ3n) is 3.99. The van der Waals surface area contributed by atoms with Crippen LogP contribution in [0.3, 0.4) is 0 Å². The monoisotopic (exact) mass is 376 g/mol. The number of nitrogens with one attached hydrogen (secondary N) is 1. The normalized spacial score (nSPS) is 12.4. The average Bonchev–Trinajstić information content (AvgIpc) is 2.64. The summed E-state index contributed by atoms with van der Waals surface area (Å²) < 4.78 is 37.5. The fraction of sp³-hybridized carbons (Fsp3) is 0.263. The molecular weight excluding hydrogens is 358 g/mol. The topological polar surface area (TPSA) is 67.9 Å². The molecule has 0 aliphatic carbocycles. The van der Waals surface area contributed by atoms with E-state index in [-0.39, 0.29) is 24.6 Å². The zero-order chi connectivity index (χ0) is 19.4. The highest BCUT2D eigenvalue weighted by atomic mass is 19.1. The van der Waals surface area contributed by atoms with Crippen molar-refractivity contribution in [3.05, 3.63) is 48.0 Å². The maximum absolute atomic E-state index is 13.6. The Hall–Kier alpha value is -3.16. The Morgan fingerprint density at radius 2 is 1.81 bits per heavy atom. The number of amides is 2. The summed E-state index contributed by atoms with van der Waals surface area (Å²) in [7, 11) is 0. The number of halogens is 2. The molecule has 1 aliphatic rings. The van der Waals surface area contributed by atoms with Gasteiger partial charge in [-0.15, -0.1) is 0 Å². The smallest absolute Gasteiger partial charge is 0.226 e. The van der Waals surface area contributed by atoms with E-state index in [0.29, 0.717) is 36.5 Å². The van der Waals surface area contributed by atoms with E-state index in [2.05, 4.69) is 5.32 Å². The predicted octanol–water partition coefficient (Wildman–Crippen LogP) is 3.12. The molecule has 0 unspecified atom stereocenters. The summed E-state index contributed by atoms with van der Waals surface area (Å²) >= 11 is 0. The van der Waals surface area contributed by atoms with Crippen LogP contribution in [0, 0.1) is 11.6 Å². The van der Waals surface area contributed by atoms with E-state index in [1.165, 1.54) is 11.8 Å². The molecule has 27 heavy (non-hydrogen) atoms. The van der Waals surface area contributed by atoms with Gasteiger partial charge in [-0.1, -0.05) is 0 Å². The lowest BCUT2D eigenvalue weighted by Crippen LogP contribution is -2.32. The lowest BCUT2D eigenvalue weighted by Gasteiger charge is -2.24. The van der Waals surface area contributed by atoms with E-state index < -0.39 is 17.5 Å². The Labute approximate surface area is 154 Å². The maximum Gasteiger partial charge on any atom is 0.226 e. The Bertz CT molecular complexity index is 873. The van der Waals surface area contributed by atoms with Gasteiger partial charge in [0.2, 0.25) is 11.8 Å². The number of rotatable bonds is 5. The van der Waals surface area contributed by atoms with Gasteiger partial charge in [0.15, 0.2) is 11.5 Å². The Morgan fingerprint density at radius 3 is 2.52 bits per heavy atom. The molecule has 8 heteroatoms. The van der Waals surface area contributed by atoms with Crippen LogP contribution in [0.15, 0.2) is 36.4 Å². The van der Waals surface area contributed by atoms with Crippen molar-refractivity contribution < 1.29 is 27.8 Å². The number of fused-ring (bicyclic) bond motifs is 1. The molecule has 6 nitrogen and oxygen atoms in total. The predicted molar refractivity (Wildman–Crippen MR) is 95.1 cm³/mol. The molecule has 0 saturated heterocycles. The lowest BCUT2D eigenvalue weighted by molar-refractivity contribution is -0.117. The second-order valence-corrected chi connectivity index (χ2v) is 5.92. The summed E-state index contributed by atoms with van der Waals surface area (Å²) in [6.45, 7) is 2.35. The van der Waals surface area contributed by atoms with Crippen LogP contribution in [0.5, 0.6) is 11.5 Å². The second kappa shape index (κ2) is 8.03. The fourth-order valence-corrected chi connectivity index (χ4v) is 2.69. The summed E-state index contributed by atoms with van der Waals surface area (Å²) in [6, 6.07) is 7.96. The van der Waals surface area contributed by atoms with Crippen LogP contribution in [0.1, 0.15) is 13.3 Å². The average molecular weight is 376 g/mol. The third-order valence-corrected chi connectivity index (χ3v) is 3.99. The van der Waals surface area contributed by atoms with Gasteiger partial charge in [0.05, 0.1) is 5.69 Å². The summed E-state index contributed by atoms with van der Waals surface area (Å²) in [6.07, 6.45) is -0.0646. The highest BCUT2D eigenvalue weighted by Crippen LogP contribution is 2.34. The molecule has 1 heterocycles. The minimum absolute atomic E-state index is 0.0646. The van der Waals surface area contributed by atoms with E-state index in [1.807, 2.05) is 0 Å². The van der Waals surface area contributed by atoms with Gasteiger partial charge < -0.3 is 19.7 Å². The number of ether oxygens (including phenoxy) is 2. The minimum atomic E-state index is -0.862. The van der Waals surface area contributed by atoms with Crippen molar-refractivity contribution in [1.82, 2.24) is 0 Å². The van der Waals surface area contributed by atoms with Crippen molar-refractivity contribution in [2.45, 2.75) is 13.3 Å². The van der Waals surface area contributed by atoms with E-state index in [0.717, 1.165) is 12.1 Å². The van der Waals surface area contributed by atoms with Gasteiger partial charge in [-0.05, 0) is 24.3 Å². The lowest BCUT2D eigenvalue weighted by atomic mass is 10.2. The van der Waals surface area contributed by atoms with Gasteiger partial charge in [-0.25, -0.2) is 8.78 Å². The number of hydrogen-bond acceptors (Lipinski definition) is 4. The number of carbonyl (C=O) groups excluding carboxylic acids is 2. The molecule has 2 amide bonds. The van der Waals surface area contributed by atoms with Crippen LogP contribution in [0.4, 0.5) is 20.2 Å². The summed E-state index contributed by atoms with van der Waals surface area (Å²) in [5.41, 5.74) is 0.447. The molecule has 0 atom stereocenters. The van der Waals surface area contributed by atoms with Gasteiger partial charge in [-0.2, -0.15) is 0 Å². The molecule has 0 spiro atoms. The first kappa shape index (κ1) is 18.6. The van der Waals surface area contributed by atoms with Crippen molar-refractivity contribution in [2.24, 2.45) is 0 Å². The first-order valence-corrected chi connectivity index (χ1v) is 8.36. The van der Waals surface area contributed by atoms with Crippen LogP contribution < -0.4 is 19.7 Å². The molecule has 1 aliphatic heterocycles. The van der Waals surface area contributed by atoms with Crippen molar-refractivity contribution in [1.29, 1.82) is 0 Å². The number of benzene rings is 2. The third kappa shape index (κ3) is 4.52. The molecular formula is C19H18F2N2O4. The first-order chi connectivity index (χ1) is 12.9. The first-order valence-electron chi connectivity index (χ1n) is 8.36. The van der Waals surface area contributed by atoms with Gasteiger partial charge in [0.1, 0.15) is 24.8 Å². The van der Waals surface area contributed by atoms with Crippen molar-refractivity contribution in [3.8, 4) is 11.5 Å². The Morgan fingerprint density at radius 1 is 1.07 bits per heavy atom. The van der Waals surface area contributed by atoms with E-state index >= 15 is 0 Å². The molecule has 142 valence electrons. The van der Waals surface area contributed by atoms with Crippen LogP contribution in [-0.2, 0) is 9.59 Å². The van der Waals surface area contributed by atoms with Crippen LogP contribution >= 0.6 is 0 Å². The molecule has 0 fully saturated rings. The van der Waals surface area contributed by atoms with Crippen LogP contribution in [0.2, 0.25) is 0 Å². The molecule has 2 aromatic carbocycles. The van der Waals surface area contributed by atoms with Gasteiger partial charge in [0.25, 0.3) is 0 Å². The van der Waals surface area contributed by atoms with E-state index in [9.17, 15) is 18.4 Å². The molecule has 0 bridgehead atoms. The van der Waals surface area contributed by atoms with Crippen LogP contribution in [0.25, 0.3) is 0 Å². The summed E-state index contributed by atoms with van der Waals surface area (Å²) in [4.78, 5) is 25.5. The summed E-state index contributed by atoms with van der Waals surface area (Å²) in [5, 5.41) is 2.37. The van der Waals surface area contributed by atoms with Gasteiger partial charge in [0, 0.05) is 37.7 Å². The zero-order valence-electron chi connectivity index (χ0n) is 14.6. The summed E-state index contributed by atoms with van der Waals surface area (Å²) in [5.74, 6) is -1.22. The van der Waals surface area contributed by atoms with Crippen molar-refractivity contribution in [3.63, 3.8) is 0 Å². The fourth-order valence-electron chi connectivity index (χ4n) is 2.69. The Kier molecular flexibility index (Phi) is 5.54. The molecule has 0 radical (unpaired) electrons. The maximum atomic E-state index is 13.6. The molecule has 1 N–H and O–H groups in total. The number of hydrogen-bond donors (Lipinski definition) is 1. The Balaban J connectivity index is 1.66. The van der Waals surface area contributed by atoms with Crippen LogP contribution in [-0.4, -0.2) is 31.6 Å². The molecule has 0 aromatic heterocycles. The molecule has 2 aromatic rings. The minimum Gasteiger partial charge on any atom is -0.486 e. The second-order valence-electron chi connectivity index (χ2n) is 5.92. The highest BCUT2D eigenvalue weighted by molar-refractivity contribution is 5.95. The molecule has 0 saturated carbocycles. The van der Waals surface area contributed by atoms with Gasteiger partial charge >= 0.3 is 0 Å². The highest BCUT2D eigenvalue weighted by Gasteiger charge is 2.18. The van der Waals surface area contributed by atoms with E-state index in [1.54, 1.807) is 18.2 Å². The van der Waals surface area contributed by atoms with Gasteiger partial charge in [-0.3, -0.25) is 9.59 Å². The largest absolute Gasteiger partial charge is 0.486 e. The van der Waals surface area contributed by atoms with Crippen molar-refractivity contribution in [2.75, 3.05) is 30.0 Å². The molecule has 3 rings (SSSR count). The number of nitrogens with zero attached hydrogens (tertiary/aromatic N) is 1. The number of carbonyl (C=O) groups is 2. The quantitative estimate of drug-likeness (QED) is 0.871.